The predicted molar refractivity (Wildman–Crippen MR) is 103 cm³/mol. The normalized spacial score (nSPS) is 11.7. The van der Waals surface area contributed by atoms with Crippen molar-refractivity contribution in [1.29, 1.82) is 0 Å². The van der Waals surface area contributed by atoms with Gasteiger partial charge < -0.3 is 11.1 Å². The average molecular weight is 375 g/mol. The van der Waals surface area contributed by atoms with Crippen molar-refractivity contribution < 1.29 is 13.2 Å². The Labute approximate surface area is 155 Å². The molecule has 2 aromatic carbocycles. The third-order valence-corrected chi connectivity index (χ3v) is 6.21. The number of carbonyl (C=O) groups is 1. The molecule has 0 aliphatic rings. The SMILES string of the molecule is CC(C)N(C)S(=O)(=O)c1cccc(C(=O)NCCc2ccc(N)cc2)c1. The quantitative estimate of drug-likeness (QED) is 0.726. The van der Waals surface area contributed by atoms with Crippen LogP contribution in [0.25, 0.3) is 0 Å². The monoisotopic (exact) mass is 375 g/mol. The fourth-order valence-electron chi connectivity index (χ4n) is 2.35. The molecule has 2 aromatic rings. The summed E-state index contributed by atoms with van der Waals surface area (Å²) in [5.74, 6) is -0.301. The van der Waals surface area contributed by atoms with Crippen LogP contribution < -0.4 is 11.1 Å². The molecule has 0 radical (unpaired) electrons. The molecule has 0 atom stereocenters. The number of nitrogens with one attached hydrogen (secondary N) is 1. The minimum absolute atomic E-state index is 0.111. The fourth-order valence-corrected chi connectivity index (χ4v) is 3.76. The van der Waals surface area contributed by atoms with Crippen LogP contribution in [-0.2, 0) is 16.4 Å². The van der Waals surface area contributed by atoms with Crippen molar-refractivity contribution in [3.63, 3.8) is 0 Å². The predicted octanol–water partition coefficient (Wildman–Crippen LogP) is 2.27. The van der Waals surface area contributed by atoms with E-state index in [1.54, 1.807) is 26.0 Å². The van der Waals surface area contributed by atoms with Gasteiger partial charge in [0, 0.05) is 30.9 Å². The van der Waals surface area contributed by atoms with Gasteiger partial charge in [0.15, 0.2) is 0 Å². The number of hydrogen-bond donors (Lipinski definition) is 2. The molecule has 3 N–H and O–H groups in total. The lowest BCUT2D eigenvalue weighted by Gasteiger charge is -2.21. The van der Waals surface area contributed by atoms with Crippen molar-refractivity contribution in [3.05, 3.63) is 59.7 Å². The molecule has 0 saturated carbocycles. The molecule has 0 saturated heterocycles. The molecule has 0 aliphatic carbocycles. The maximum atomic E-state index is 12.6. The molecule has 0 spiro atoms. The van der Waals surface area contributed by atoms with E-state index in [4.69, 9.17) is 5.73 Å². The molecule has 1 amide bonds. The first kappa shape index (κ1) is 19.9. The number of hydrogen-bond acceptors (Lipinski definition) is 4. The van der Waals surface area contributed by atoms with Crippen LogP contribution >= 0.6 is 0 Å². The number of anilines is 1. The van der Waals surface area contributed by atoms with Gasteiger partial charge in [-0.2, -0.15) is 4.31 Å². The molecule has 7 heteroatoms. The van der Waals surface area contributed by atoms with Crippen molar-refractivity contribution in [1.82, 2.24) is 9.62 Å². The lowest BCUT2D eigenvalue weighted by Crippen LogP contribution is -2.33. The summed E-state index contributed by atoms with van der Waals surface area (Å²) in [5.41, 5.74) is 7.73. The van der Waals surface area contributed by atoms with Crippen LogP contribution in [-0.4, -0.2) is 38.3 Å². The highest BCUT2D eigenvalue weighted by Gasteiger charge is 2.23. The van der Waals surface area contributed by atoms with E-state index in [1.807, 2.05) is 24.3 Å². The van der Waals surface area contributed by atoms with Crippen LogP contribution in [0.2, 0.25) is 0 Å². The van der Waals surface area contributed by atoms with Gasteiger partial charge in [0.1, 0.15) is 0 Å². The second-order valence-electron chi connectivity index (χ2n) is 6.39. The standard InChI is InChI=1S/C19H25N3O3S/c1-14(2)22(3)26(24,25)18-6-4-5-16(13-18)19(23)21-12-11-15-7-9-17(20)10-8-15/h4-10,13-14H,11-12,20H2,1-3H3,(H,21,23). The molecule has 0 heterocycles. The van der Waals surface area contributed by atoms with E-state index in [1.165, 1.54) is 23.5 Å². The zero-order valence-corrected chi connectivity index (χ0v) is 16.1. The van der Waals surface area contributed by atoms with Gasteiger partial charge in [-0.05, 0) is 56.2 Å². The smallest absolute Gasteiger partial charge is 0.251 e. The highest BCUT2D eigenvalue weighted by Crippen LogP contribution is 2.18. The Balaban J connectivity index is 2.04. The van der Waals surface area contributed by atoms with E-state index in [0.717, 1.165) is 5.56 Å². The largest absolute Gasteiger partial charge is 0.399 e. The van der Waals surface area contributed by atoms with Crippen LogP contribution in [0.15, 0.2) is 53.4 Å². The minimum atomic E-state index is -3.62. The molecule has 6 nitrogen and oxygen atoms in total. The molecule has 0 unspecified atom stereocenters. The number of carbonyl (C=O) groups excluding carboxylic acids is 1. The first-order valence-electron chi connectivity index (χ1n) is 8.42. The van der Waals surface area contributed by atoms with E-state index in [-0.39, 0.29) is 16.8 Å². The van der Waals surface area contributed by atoms with Crippen molar-refractivity contribution in [2.24, 2.45) is 0 Å². The number of sulfonamides is 1. The molecule has 2 rings (SSSR count). The van der Waals surface area contributed by atoms with Gasteiger partial charge in [0.25, 0.3) is 5.91 Å². The number of nitrogens with two attached hydrogens (primary N) is 1. The Hall–Kier alpha value is -2.38. The molecule has 0 bridgehead atoms. The van der Waals surface area contributed by atoms with Gasteiger partial charge in [-0.1, -0.05) is 18.2 Å². The topological polar surface area (TPSA) is 92.5 Å². The summed E-state index contributed by atoms with van der Waals surface area (Å²) in [7, 11) is -2.09. The summed E-state index contributed by atoms with van der Waals surface area (Å²) < 4.78 is 26.4. The molecular weight excluding hydrogens is 350 g/mol. The van der Waals surface area contributed by atoms with Crippen LogP contribution in [0.3, 0.4) is 0 Å². The maximum Gasteiger partial charge on any atom is 0.251 e. The fraction of sp³-hybridized carbons (Fsp3) is 0.316. The summed E-state index contributed by atoms with van der Waals surface area (Å²) in [4.78, 5) is 12.4. The van der Waals surface area contributed by atoms with Crippen molar-refractivity contribution in [2.75, 3.05) is 19.3 Å². The van der Waals surface area contributed by atoms with Gasteiger partial charge in [0.05, 0.1) is 4.90 Å². The van der Waals surface area contributed by atoms with Crippen LogP contribution in [0.4, 0.5) is 5.69 Å². The van der Waals surface area contributed by atoms with Crippen LogP contribution in [0.1, 0.15) is 29.8 Å². The number of amides is 1. The Morgan fingerprint density at radius 3 is 2.42 bits per heavy atom. The summed E-state index contributed by atoms with van der Waals surface area (Å²) in [6.45, 7) is 4.04. The lowest BCUT2D eigenvalue weighted by atomic mass is 10.1. The molecule has 140 valence electrons. The summed E-state index contributed by atoms with van der Waals surface area (Å²) in [5, 5.41) is 2.81. The molecular formula is C19H25N3O3S. The van der Waals surface area contributed by atoms with Gasteiger partial charge >= 0.3 is 0 Å². The highest BCUT2D eigenvalue weighted by atomic mass is 32.2. The number of nitrogens with zero attached hydrogens (tertiary/aromatic N) is 1. The Kier molecular flexibility index (Phi) is 6.39. The molecule has 0 aromatic heterocycles. The van der Waals surface area contributed by atoms with E-state index in [0.29, 0.717) is 24.2 Å². The minimum Gasteiger partial charge on any atom is -0.399 e. The molecule has 26 heavy (non-hydrogen) atoms. The van der Waals surface area contributed by atoms with Crippen LogP contribution in [0, 0.1) is 0 Å². The van der Waals surface area contributed by atoms with Crippen molar-refractivity contribution in [3.8, 4) is 0 Å². The van der Waals surface area contributed by atoms with Gasteiger partial charge in [-0.3, -0.25) is 4.79 Å². The Morgan fingerprint density at radius 1 is 1.15 bits per heavy atom. The molecule has 0 aliphatic heterocycles. The second kappa shape index (κ2) is 8.33. The Bertz CT molecular complexity index is 862. The number of rotatable bonds is 7. The van der Waals surface area contributed by atoms with E-state index in [9.17, 15) is 13.2 Å². The summed E-state index contributed by atoms with van der Waals surface area (Å²) in [6, 6.07) is 13.4. The zero-order valence-electron chi connectivity index (χ0n) is 15.3. The van der Waals surface area contributed by atoms with Crippen molar-refractivity contribution in [2.45, 2.75) is 31.2 Å². The summed E-state index contributed by atoms with van der Waals surface area (Å²) in [6.07, 6.45) is 0.667. The first-order valence-corrected chi connectivity index (χ1v) is 9.86. The second-order valence-corrected chi connectivity index (χ2v) is 8.39. The Morgan fingerprint density at radius 2 is 1.81 bits per heavy atom. The van der Waals surface area contributed by atoms with Gasteiger partial charge in [-0.25, -0.2) is 8.42 Å². The van der Waals surface area contributed by atoms with Crippen LogP contribution in [0.5, 0.6) is 0 Å². The number of nitrogen functional groups attached to an aromatic ring is 1. The highest BCUT2D eigenvalue weighted by molar-refractivity contribution is 7.89. The number of benzene rings is 2. The van der Waals surface area contributed by atoms with E-state index < -0.39 is 10.0 Å². The maximum absolute atomic E-state index is 12.6. The average Bonchev–Trinajstić information content (AvgIpc) is 2.62. The summed E-state index contributed by atoms with van der Waals surface area (Å²) >= 11 is 0. The van der Waals surface area contributed by atoms with E-state index in [2.05, 4.69) is 5.32 Å². The third-order valence-electron chi connectivity index (χ3n) is 4.18. The van der Waals surface area contributed by atoms with Gasteiger partial charge in [0.2, 0.25) is 10.0 Å². The first-order chi connectivity index (χ1) is 12.2. The molecule has 0 fully saturated rings. The van der Waals surface area contributed by atoms with E-state index >= 15 is 0 Å². The zero-order chi connectivity index (χ0) is 19.3. The third kappa shape index (κ3) is 4.83. The van der Waals surface area contributed by atoms with Crippen molar-refractivity contribution >= 4 is 21.6 Å². The van der Waals surface area contributed by atoms with Gasteiger partial charge in [-0.15, -0.1) is 0 Å². The lowest BCUT2D eigenvalue weighted by molar-refractivity contribution is 0.0954.